The lowest BCUT2D eigenvalue weighted by Crippen LogP contribution is -2.25. The molecule has 22 heavy (non-hydrogen) atoms. The van der Waals surface area contributed by atoms with Crippen LogP contribution in [0.5, 0.6) is 11.5 Å². The molecule has 1 aromatic carbocycles. The molecule has 0 unspecified atom stereocenters. The number of ether oxygens (including phenoxy) is 1. The van der Waals surface area contributed by atoms with E-state index in [1.54, 1.807) is 12.1 Å². The fourth-order valence-electron chi connectivity index (χ4n) is 2.77. The number of aryl methyl sites for hydroxylation is 1. The molecular weight excluding hydrogens is 306 g/mol. The molecule has 3 rings (SSSR count). The highest BCUT2D eigenvalue weighted by molar-refractivity contribution is 5.87. The second-order valence-corrected chi connectivity index (χ2v) is 5.41. The third kappa shape index (κ3) is 3.36. The minimum Gasteiger partial charge on any atom is -0.507 e. The Bertz CT molecular complexity index is 707. The van der Waals surface area contributed by atoms with Crippen LogP contribution in [0, 0.1) is 6.92 Å². The maximum Gasteiger partial charge on any atom is 0.339 e. The number of nitrogens with zero attached hydrogens (tertiary/aromatic N) is 1. The van der Waals surface area contributed by atoms with Gasteiger partial charge in [-0.2, -0.15) is 0 Å². The zero-order valence-corrected chi connectivity index (χ0v) is 13.3. The van der Waals surface area contributed by atoms with Crippen molar-refractivity contribution in [3.8, 4) is 11.5 Å². The second-order valence-electron chi connectivity index (χ2n) is 5.41. The van der Waals surface area contributed by atoms with E-state index in [4.69, 9.17) is 9.15 Å². The molecule has 1 aromatic heterocycles. The Morgan fingerprint density at radius 1 is 1.32 bits per heavy atom. The molecule has 0 bridgehead atoms. The Balaban J connectivity index is 0.00000176. The van der Waals surface area contributed by atoms with Crippen LogP contribution in [0.2, 0.25) is 0 Å². The van der Waals surface area contributed by atoms with Gasteiger partial charge in [0.2, 0.25) is 0 Å². The van der Waals surface area contributed by atoms with E-state index in [1.807, 2.05) is 6.92 Å². The number of halogens is 1. The van der Waals surface area contributed by atoms with Gasteiger partial charge in [-0.1, -0.05) is 0 Å². The quantitative estimate of drug-likeness (QED) is 0.876. The summed E-state index contributed by atoms with van der Waals surface area (Å²) >= 11 is 0. The Labute approximate surface area is 134 Å². The normalized spacial score (nSPS) is 15.0. The summed E-state index contributed by atoms with van der Waals surface area (Å²) in [6.07, 6.45) is 2.53. The second kappa shape index (κ2) is 7.03. The monoisotopic (exact) mass is 325 g/mol. The number of fused-ring (bicyclic) bond motifs is 1. The summed E-state index contributed by atoms with van der Waals surface area (Å²) in [5.41, 5.74) is 0.568. The van der Waals surface area contributed by atoms with Crippen molar-refractivity contribution in [1.82, 2.24) is 4.90 Å². The lowest BCUT2D eigenvalue weighted by Gasteiger charge is -2.16. The van der Waals surface area contributed by atoms with E-state index < -0.39 is 5.63 Å². The molecule has 2 aromatic rings. The topological polar surface area (TPSA) is 62.9 Å². The fraction of sp³-hybridized carbons (Fsp3) is 0.438. The number of rotatable bonds is 4. The number of aromatic hydroxyl groups is 1. The SMILES string of the molecule is Cc1c(OCCN2CCCC2)ccc2c(O)cc(=O)oc12.Cl. The largest absolute Gasteiger partial charge is 0.507 e. The molecule has 1 aliphatic heterocycles. The maximum absolute atomic E-state index is 11.4. The summed E-state index contributed by atoms with van der Waals surface area (Å²) in [4.78, 5) is 13.8. The molecule has 120 valence electrons. The first-order valence-corrected chi connectivity index (χ1v) is 7.27. The van der Waals surface area contributed by atoms with Crippen molar-refractivity contribution in [2.45, 2.75) is 19.8 Å². The third-order valence-electron chi connectivity index (χ3n) is 3.95. The van der Waals surface area contributed by atoms with Crippen LogP contribution in [0.4, 0.5) is 0 Å². The molecule has 1 N–H and O–H groups in total. The molecule has 1 fully saturated rings. The average molecular weight is 326 g/mol. The van der Waals surface area contributed by atoms with E-state index in [0.717, 1.165) is 31.3 Å². The Morgan fingerprint density at radius 3 is 2.77 bits per heavy atom. The van der Waals surface area contributed by atoms with Crippen LogP contribution in [0.1, 0.15) is 18.4 Å². The van der Waals surface area contributed by atoms with Gasteiger partial charge in [0, 0.05) is 12.1 Å². The van der Waals surface area contributed by atoms with Crippen LogP contribution < -0.4 is 10.4 Å². The summed E-state index contributed by atoms with van der Waals surface area (Å²) in [5.74, 6) is 0.628. The predicted molar refractivity (Wildman–Crippen MR) is 87.3 cm³/mol. The molecule has 1 aliphatic rings. The number of hydrogen-bond donors (Lipinski definition) is 1. The van der Waals surface area contributed by atoms with Gasteiger partial charge in [0.1, 0.15) is 23.7 Å². The van der Waals surface area contributed by atoms with Gasteiger partial charge in [-0.05, 0) is 45.0 Å². The first kappa shape index (κ1) is 16.6. The van der Waals surface area contributed by atoms with Gasteiger partial charge >= 0.3 is 5.63 Å². The van der Waals surface area contributed by atoms with Gasteiger partial charge in [-0.15, -0.1) is 12.4 Å². The Hall–Kier alpha value is -1.72. The van der Waals surface area contributed by atoms with Crippen LogP contribution in [0.25, 0.3) is 11.0 Å². The van der Waals surface area contributed by atoms with Crippen LogP contribution in [-0.2, 0) is 0 Å². The number of benzene rings is 1. The van der Waals surface area contributed by atoms with Gasteiger partial charge in [0.05, 0.1) is 11.5 Å². The molecule has 0 spiro atoms. The van der Waals surface area contributed by atoms with Crippen molar-refractivity contribution in [1.29, 1.82) is 0 Å². The van der Waals surface area contributed by atoms with Gasteiger partial charge in [0.25, 0.3) is 0 Å². The zero-order chi connectivity index (χ0) is 14.8. The van der Waals surface area contributed by atoms with Gasteiger partial charge in [-0.25, -0.2) is 4.79 Å². The molecule has 6 heteroatoms. The minimum absolute atomic E-state index is 0. The highest BCUT2D eigenvalue weighted by Crippen LogP contribution is 2.30. The van der Waals surface area contributed by atoms with E-state index in [1.165, 1.54) is 12.8 Å². The van der Waals surface area contributed by atoms with E-state index in [2.05, 4.69) is 4.90 Å². The van der Waals surface area contributed by atoms with Gasteiger partial charge in [-0.3, -0.25) is 4.90 Å². The van der Waals surface area contributed by atoms with Gasteiger partial charge in [0.15, 0.2) is 0 Å². The lowest BCUT2D eigenvalue weighted by atomic mass is 10.1. The summed E-state index contributed by atoms with van der Waals surface area (Å²) in [5, 5.41) is 10.3. The molecule has 2 heterocycles. The summed E-state index contributed by atoms with van der Waals surface area (Å²) in [6, 6.07) is 4.60. The predicted octanol–water partition coefficient (Wildman–Crippen LogP) is 2.70. The Kier molecular flexibility index (Phi) is 5.32. The molecule has 0 saturated carbocycles. The third-order valence-corrected chi connectivity index (χ3v) is 3.95. The summed E-state index contributed by atoms with van der Waals surface area (Å²) in [7, 11) is 0. The maximum atomic E-state index is 11.4. The van der Waals surface area contributed by atoms with Crippen molar-refractivity contribution in [2.75, 3.05) is 26.2 Å². The van der Waals surface area contributed by atoms with E-state index in [0.29, 0.717) is 23.3 Å². The summed E-state index contributed by atoms with van der Waals surface area (Å²) in [6.45, 7) is 5.62. The molecule has 0 atom stereocenters. The molecule has 1 saturated heterocycles. The highest BCUT2D eigenvalue weighted by Gasteiger charge is 2.13. The standard InChI is InChI=1S/C16H19NO4.ClH/c1-11-14(20-9-8-17-6-2-3-7-17)5-4-12-13(18)10-15(19)21-16(11)12;/h4-5,10,18H,2-3,6-9H2,1H3;1H. The van der Waals surface area contributed by atoms with Gasteiger partial charge < -0.3 is 14.3 Å². The van der Waals surface area contributed by atoms with Crippen LogP contribution in [-0.4, -0.2) is 36.2 Å². The van der Waals surface area contributed by atoms with Crippen molar-refractivity contribution >= 4 is 23.4 Å². The molecule has 0 radical (unpaired) electrons. The summed E-state index contributed by atoms with van der Waals surface area (Å²) < 4.78 is 11.0. The number of hydrogen-bond acceptors (Lipinski definition) is 5. The van der Waals surface area contributed by atoms with Crippen LogP contribution in [0.15, 0.2) is 27.4 Å². The molecule has 0 aliphatic carbocycles. The number of likely N-dealkylation sites (tertiary alicyclic amines) is 1. The lowest BCUT2D eigenvalue weighted by molar-refractivity contribution is 0.237. The fourth-order valence-corrected chi connectivity index (χ4v) is 2.77. The minimum atomic E-state index is -0.558. The Morgan fingerprint density at radius 2 is 2.05 bits per heavy atom. The van der Waals surface area contributed by atoms with E-state index in [-0.39, 0.29) is 18.2 Å². The molecule has 0 amide bonds. The molecular formula is C16H20ClNO4. The van der Waals surface area contributed by atoms with E-state index >= 15 is 0 Å². The smallest absolute Gasteiger partial charge is 0.339 e. The van der Waals surface area contributed by atoms with Crippen LogP contribution in [0.3, 0.4) is 0 Å². The van der Waals surface area contributed by atoms with Crippen LogP contribution >= 0.6 is 12.4 Å². The van der Waals surface area contributed by atoms with Crippen molar-refractivity contribution in [3.63, 3.8) is 0 Å². The first-order chi connectivity index (χ1) is 10.1. The van der Waals surface area contributed by atoms with E-state index in [9.17, 15) is 9.90 Å². The first-order valence-electron chi connectivity index (χ1n) is 7.27. The van der Waals surface area contributed by atoms with Crippen molar-refractivity contribution in [2.24, 2.45) is 0 Å². The van der Waals surface area contributed by atoms with Crippen molar-refractivity contribution < 1.29 is 14.3 Å². The molecule has 5 nitrogen and oxygen atoms in total. The average Bonchev–Trinajstić information content (AvgIpc) is 2.95. The zero-order valence-electron chi connectivity index (χ0n) is 12.5. The van der Waals surface area contributed by atoms with Crippen molar-refractivity contribution in [3.05, 3.63) is 34.2 Å². The highest BCUT2D eigenvalue weighted by atomic mass is 35.5.